The minimum absolute atomic E-state index is 0.0444. The van der Waals surface area contributed by atoms with Gasteiger partial charge in [0.15, 0.2) is 0 Å². The van der Waals surface area contributed by atoms with Crippen molar-refractivity contribution in [1.29, 1.82) is 0 Å². The Hall–Kier alpha value is -2.91. The third kappa shape index (κ3) is 6.07. The maximum absolute atomic E-state index is 13.2. The molecule has 0 aliphatic rings. The van der Waals surface area contributed by atoms with E-state index in [0.717, 1.165) is 24.3 Å². The van der Waals surface area contributed by atoms with Gasteiger partial charge >= 0.3 is 12.3 Å². The van der Waals surface area contributed by atoms with Gasteiger partial charge in [-0.05, 0) is 36.4 Å². The minimum Gasteiger partial charge on any atom is -0.492 e. The molecule has 0 heterocycles. The molecule has 0 spiro atoms. The van der Waals surface area contributed by atoms with Crippen LogP contribution in [0.2, 0.25) is 0 Å². The van der Waals surface area contributed by atoms with Gasteiger partial charge in [0.05, 0.1) is 6.54 Å². The summed E-state index contributed by atoms with van der Waals surface area (Å²) < 4.78 is 84.6. The third-order valence-electron chi connectivity index (χ3n) is 3.35. The summed E-state index contributed by atoms with van der Waals surface area (Å²) in [5.41, 5.74) is 0.0444. The van der Waals surface area contributed by atoms with Crippen molar-refractivity contribution in [3.63, 3.8) is 0 Å². The number of ether oxygens (including phenoxy) is 2. The highest BCUT2D eigenvalue weighted by atomic mass is 19.4. The molecule has 0 aliphatic carbocycles. The number of hydrogen-bond donors (Lipinski definition) is 1. The molecule has 0 bridgehead atoms. The van der Waals surface area contributed by atoms with Crippen molar-refractivity contribution < 1.29 is 40.6 Å². The molecule has 0 fully saturated rings. The van der Waals surface area contributed by atoms with Gasteiger partial charge in [0.2, 0.25) is 0 Å². The van der Waals surface area contributed by atoms with E-state index in [2.05, 4.69) is 10.1 Å². The van der Waals surface area contributed by atoms with Gasteiger partial charge in [-0.1, -0.05) is 18.2 Å². The van der Waals surface area contributed by atoms with Crippen molar-refractivity contribution in [1.82, 2.24) is 5.32 Å². The summed E-state index contributed by atoms with van der Waals surface area (Å²) in [6.45, 7) is 0.331. The highest BCUT2D eigenvalue weighted by Crippen LogP contribution is 2.36. The fourth-order valence-corrected chi connectivity index (χ4v) is 2.03. The van der Waals surface area contributed by atoms with Crippen molar-refractivity contribution in [2.24, 2.45) is 0 Å². The predicted octanol–water partition coefficient (Wildman–Crippen LogP) is 4.37. The second-order valence-electron chi connectivity index (χ2n) is 5.51. The van der Waals surface area contributed by atoms with Crippen LogP contribution in [-0.2, 0) is 0 Å². The average Bonchev–Trinajstić information content (AvgIpc) is 2.65. The number of nitrogens with one attached hydrogen (secondary N) is 1. The molecule has 1 amide bonds. The molecular formula is C18H15F6NO3. The Morgan fingerprint density at radius 2 is 1.54 bits per heavy atom. The van der Waals surface area contributed by atoms with Crippen LogP contribution in [0.25, 0.3) is 0 Å². The first-order valence-electron chi connectivity index (χ1n) is 7.93. The van der Waals surface area contributed by atoms with Crippen LogP contribution in [0.4, 0.5) is 26.3 Å². The number of hydrogen-bond acceptors (Lipinski definition) is 3. The molecule has 0 saturated carbocycles. The molecule has 28 heavy (non-hydrogen) atoms. The summed E-state index contributed by atoms with van der Waals surface area (Å²) in [5, 5.41) is 2.51. The van der Waals surface area contributed by atoms with Gasteiger partial charge in [0, 0.05) is 5.56 Å². The maximum atomic E-state index is 13.2. The Kier molecular flexibility index (Phi) is 6.76. The van der Waals surface area contributed by atoms with Crippen LogP contribution in [0.15, 0.2) is 54.6 Å². The van der Waals surface area contributed by atoms with Crippen LogP contribution in [-0.4, -0.2) is 37.5 Å². The zero-order chi connectivity index (χ0) is 20.8. The molecule has 2 aromatic carbocycles. The quantitative estimate of drug-likeness (QED) is 0.522. The molecule has 1 N–H and O–H groups in total. The van der Waals surface area contributed by atoms with Gasteiger partial charge in [-0.3, -0.25) is 4.79 Å². The van der Waals surface area contributed by atoms with E-state index >= 15 is 0 Å². The number of benzene rings is 2. The SMILES string of the molecule is O=C(NCCOc1ccccc1)c1ccc(OC(F)(F)[C@@H](F)C(F)(F)F)cc1. The molecule has 152 valence electrons. The second kappa shape index (κ2) is 8.85. The Labute approximate surface area is 156 Å². The van der Waals surface area contributed by atoms with Gasteiger partial charge in [0.25, 0.3) is 12.1 Å². The van der Waals surface area contributed by atoms with Crippen LogP contribution in [0.5, 0.6) is 11.5 Å². The number of carbonyl (C=O) groups excluding carboxylic acids is 1. The zero-order valence-corrected chi connectivity index (χ0v) is 14.2. The molecule has 2 aromatic rings. The monoisotopic (exact) mass is 407 g/mol. The maximum Gasteiger partial charge on any atom is 0.439 e. The first-order valence-corrected chi connectivity index (χ1v) is 7.93. The van der Waals surface area contributed by atoms with Crippen LogP contribution in [0, 0.1) is 0 Å². The van der Waals surface area contributed by atoms with Crippen LogP contribution >= 0.6 is 0 Å². The molecular weight excluding hydrogens is 392 g/mol. The van der Waals surface area contributed by atoms with E-state index in [9.17, 15) is 31.1 Å². The lowest BCUT2D eigenvalue weighted by atomic mass is 10.2. The minimum atomic E-state index is -5.77. The van der Waals surface area contributed by atoms with Gasteiger partial charge in [-0.25, -0.2) is 4.39 Å². The Morgan fingerprint density at radius 1 is 0.929 bits per heavy atom. The summed E-state index contributed by atoms with van der Waals surface area (Å²) in [6, 6.07) is 12.6. The number of halogens is 6. The van der Waals surface area contributed by atoms with E-state index in [-0.39, 0.29) is 18.7 Å². The van der Waals surface area contributed by atoms with E-state index in [1.54, 1.807) is 24.3 Å². The van der Waals surface area contributed by atoms with Gasteiger partial charge in [-0.2, -0.15) is 22.0 Å². The van der Waals surface area contributed by atoms with Crippen molar-refractivity contribution in [3.8, 4) is 11.5 Å². The Bertz CT molecular complexity index is 765. The van der Waals surface area contributed by atoms with Gasteiger partial charge in [-0.15, -0.1) is 0 Å². The van der Waals surface area contributed by atoms with Crippen molar-refractivity contribution in [2.75, 3.05) is 13.2 Å². The smallest absolute Gasteiger partial charge is 0.439 e. The fraction of sp³-hybridized carbons (Fsp3) is 0.278. The largest absolute Gasteiger partial charge is 0.492 e. The van der Waals surface area contributed by atoms with E-state index in [1.165, 1.54) is 0 Å². The molecule has 0 saturated heterocycles. The van der Waals surface area contributed by atoms with Gasteiger partial charge in [0.1, 0.15) is 18.1 Å². The molecule has 10 heteroatoms. The molecule has 0 aromatic heterocycles. The van der Waals surface area contributed by atoms with Crippen molar-refractivity contribution in [3.05, 3.63) is 60.2 Å². The van der Waals surface area contributed by atoms with Crippen molar-refractivity contribution in [2.45, 2.75) is 18.5 Å². The molecule has 2 rings (SSSR count). The number of amides is 1. The lowest BCUT2D eigenvalue weighted by Gasteiger charge is -2.23. The first-order chi connectivity index (χ1) is 13.1. The highest BCUT2D eigenvalue weighted by molar-refractivity contribution is 5.94. The summed E-state index contributed by atoms with van der Waals surface area (Å²) in [6.07, 6.45) is -15.4. The molecule has 0 radical (unpaired) electrons. The second-order valence-corrected chi connectivity index (χ2v) is 5.51. The average molecular weight is 407 g/mol. The fourth-order valence-electron chi connectivity index (χ4n) is 2.03. The van der Waals surface area contributed by atoms with E-state index < -0.39 is 30.1 Å². The molecule has 4 nitrogen and oxygen atoms in total. The van der Waals surface area contributed by atoms with Crippen molar-refractivity contribution >= 4 is 5.91 Å². The van der Waals surface area contributed by atoms with E-state index in [4.69, 9.17) is 4.74 Å². The highest BCUT2D eigenvalue weighted by Gasteiger charge is 2.59. The topological polar surface area (TPSA) is 47.6 Å². The lowest BCUT2D eigenvalue weighted by molar-refractivity contribution is -0.304. The Balaban J connectivity index is 1.85. The first kappa shape index (κ1) is 21.4. The molecule has 0 aliphatic heterocycles. The molecule has 0 unspecified atom stereocenters. The summed E-state index contributed by atoms with van der Waals surface area (Å²) in [5.74, 6) is -0.668. The van der Waals surface area contributed by atoms with Crippen LogP contribution in [0.3, 0.4) is 0 Å². The number of para-hydroxylation sites is 1. The third-order valence-corrected chi connectivity index (χ3v) is 3.35. The standard InChI is InChI=1S/C18H15F6NO3/c19-16(17(20,21)22)18(23,24)28-14-8-6-12(7-9-14)15(26)25-10-11-27-13-4-2-1-3-5-13/h1-9,16H,10-11H2,(H,25,26)/t16-/m0/s1. The molecule has 1 atom stereocenters. The lowest BCUT2D eigenvalue weighted by Crippen LogP contribution is -2.45. The summed E-state index contributed by atoms with van der Waals surface area (Å²) in [4.78, 5) is 11.9. The van der Waals surface area contributed by atoms with Crippen LogP contribution < -0.4 is 14.8 Å². The Morgan fingerprint density at radius 3 is 2.11 bits per heavy atom. The number of rotatable bonds is 8. The predicted molar refractivity (Wildman–Crippen MR) is 87.2 cm³/mol. The van der Waals surface area contributed by atoms with Gasteiger partial charge < -0.3 is 14.8 Å². The van der Waals surface area contributed by atoms with Crippen LogP contribution in [0.1, 0.15) is 10.4 Å². The summed E-state index contributed by atoms with van der Waals surface area (Å²) >= 11 is 0. The number of carbonyl (C=O) groups is 1. The summed E-state index contributed by atoms with van der Waals surface area (Å²) in [7, 11) is 0. The van der Waals surface area contributed by atoms with E-state index in [1.807, 2.05) is 6.07 Å². The van der Waals surface area contributed by atoms with E-state index in [0.29, 0.717) is 5.75 Å². The zero-order valence-electron chi connectivity index (χ0n) is 14.2. The number of alkyl halides is 6. The normalized spacial score (nSPS) is 12.9.